The molecule has 0 saturated carbocycles. The summed E-state index contributed by atoms with van der Waals surface area (Å²) in [6.07, 6.45) is 1.52. The number of ether oxygens (including phenoxy) is 1. The van der Waals surface area contributed by atoms with Crippen molar-refractivity contribution in [3.63, 3.8) is 0 Å². The molecule has 0 aliphatic rings. The van der Waals surface area contributed by atoms with Gasteiger partial charge in [0.25, 0.3) is 0 Å². The lowest BCUT2D eigenvalue weighted by molar-refractivity contribution is 0.413. The molecule has 1 radical (unpaired) electrons. The lowest BCUT2D eigenvalue weighted by Gasteiger charge is -1.95. The van der Waals surface area contributed by atoms with Gasteiger partial charge in [-0.25, -0.2) is 4.98 Å². The van der Waals surface area contributed by atoms with Crippen LogP contribution in [0.15, 0.2) is 18.3 Å². The van der Waals surface area contributed by atoms with E-state index in [0.717, 1.165) is 0 Å². The minimum Gasteiger partial charge on any atom is -0.495 e. The molecule has 1 aromatic rings. The van der Waals surface area contributed by atoms with Crippen molar-refractivity contribution in [2.24, 2.45) is 0 Å². The fourth-order valence-electron chi connectivity index (χ4n) is 0.501. The van der Waals surface area contributed by atoms with Crippen molar-refractivity contribution in [1.82, 2.24) is 10.7 Å². The van der Waals surface area contributed by atoms with E-state index in [2.05, 4.69) is 4.98 Å². The Kier molecular flexibility index (Phi) is 1.53. The Bertz CT molecular complexity index is 183. The van der Waals surface area contributed by atoms with Crippen LogP contribution in [-0.4, -0.2) is 12.1 Å². The van der Waals surface area contributed by atoms with E-state index in [1.807, 2.05) is 0 Å². The van der Waals surface area contributed by atoms with E-state index >= 15 is 0 Å². The first-order valence-electron chi connectivity index (χ1n) is 2.54. The standard InChI is InChI=1S/C6H7N2O/c1-9-5-2-3-6(7)8-4-5/h2-4,7H,1H3. The Morgan fingerprint density at radius 1 is 1.56 bits per heavy atom. The molecule has 9 heavy (non-hydrogen) atoms. The van der Waals surface area contributed by atoms with Crippen LogP contribution in [0.2, 0.25) is 0 Å². The van der Waals surface area contributed by atoms with Crippen molar-refractivity contribution in [3.8, 4) is 5.75 Å². The number of aromatic nitrogens is 1. The Balaban J connectivity index is 2.88. The third-order valence-electron chi connectivity index (χ3n) is 0.972. The number of rotatable bonds is 1. The molecule has 0 spiro atoms. The Labute approximate surface area is 53.5 Å². The smallest absolute Gasteiger partial charge is 0.144 e. The van der Waals surface area contributed by atoms with E-state index in [4.69, 9.17) is 10.5 Å². The molecule has 1 rings (SSSR count). The zero-order valence-electron chi connectivity index (χ0n) is 5.09. The summed E-state index contributed by atoms with van der Waals surface area (Å²) in [4.78, 5) is 3.69. The quantitative estimate of drug-likeness (QED) is 0.559. The normalized spacial score (nSPS) is 9.00. The highest BCUT2D eigenvalue weighted by atomic mass is 16.5. The molecule has 1 aromatic heterocycles. The average Bonchev–Trinajstić information content (AvgIpc) is 1.90. The molecule has 3 nitrogen and oxygen atoms in total. The highest BCUT2D eigenvalue weighted by molar-refractivity contribution is 5.28. The van der Waals surface area contributed by atoms with Crippen molar-refractivity contribution in [2.45, 2.75) is 0 Å². The van der Waals surface area contributed by atoms with E-state index in [1.165, 1.54) is 6.20 Å². The average molecular weight is 123 g/mol. The highest BCUT2D eigenvalue weighted by Gasteiger charge is 1.88. The van der Waals surface area contributed by atoms with Gasteiger partial charge in [-0.1, -0.05) is 0 Å². The van der Waals surface area contributed by atoms with Crippen LogP contribution in [0.25, 0.3) is 0 Å². The Morgan fingerprint density at radius 2 is 2.33 bits per heavy atom. The number of hydrogen-bond acceptors (Lipinski definition) is 2. The molecular weight excluding hydrogens is 116 g/mol. The molecule has 1 N–H and O–H groups in total. The van der Waals surface area contributed by atoms with Crippen LogP contribution >= 0.6 is 0 Å². The Morgan fingerprint density at radius 3 is 2.78 bits per heavy atom. The summed E-state index contributed by atoms with van der Waals surface area (Å²) in [6.45, 7) is 0. The fraction of sp³-hybridized carbons (Fsp3) is 0.167. The van der Waals surface area contributed by atoms with Crippen LogP contribution in [0.3, 0.4) is 0 Å². The third kappa shape index (κ3) is 1.32. The summed E-state index contributed by atoms with van der Waals surface area (Å²) >= 11 is 0. The summed E-state index contributed by atoms with van der Waals surface area (Å²) in [7, 11) is 1.57. The molecule has 0 aliphatic carbocycles. The van der Waals surface area contributed by atoms with Crippen molar-refractivity contribution >= 4 is 5.82 Å². The highest BCUT2D eigenvalue weighted by Crippen LogP contribution is 2.08. The summed E-state index contributed by atoms with van der Waals surface area (Å²) in [5.41, 5.74) is 7.00. The van der Waals surface area contributed by atoms with Gasteiger partial charge in [-0.15, -0.1) is 0 Å². The monoisotopic (exact) mass is 123 g/mol. The molecule has 1 heterocycles. The van der Waals surface area contributed by atoms with Crippen LogP contribution in [0.1, 0.15) is 0 Å². The number of nitrogens with zero attached hydrogens (tertiary/aromatic N) is 1. The maximum absolute atomic E-state index is 7.00. The minimum atomic E-state index is 0.260. The van der Waals surface area contributed by atoms with Crippen LogP contribution in [0, 0.1) is 0 Å². The van der Waals surface area contributed by atoms with Crippen molar-refractivity contribution in [1.29, 1.82) is 0 Å². The van der Waals surface area contributed by atoms with Crippen LogP contribution in [-0.2, 0) is 0 Å². The van der Waals surface area contributed by atoms with E-state index in [1.54, 1.807) is 19.2 Å². The summed E-state index contributed by atoms with van der Waals surface area (Å²) < 4.78 is 4.82. The van der Waals surface area contributed by atoms with Gasteiger partial charge in [-0.3, -0.25) is 5.73 Å². The minimum absolute atomic E-state index is 0.260. The predicted octanol–water partition coefficient (Wildman–Crippen LogP) is 1.00. The molecular formula is C6H7N2O. The summed E-state index contributed by atoms with van der Waals surface area (Å²) in [5, 5.41) is 0. The topological polar surface area (TPSA) is 45.9 Å². The first-order chi connectivity index (χ1) is 4.33. The van der Waals surface area contributed by atoms with Gasteiger partial charge >= 0.3 is 0 Å². The van der Waals surface area contributed by atoms with Gasteiger partial charge in [-0.05, 0) is 12.1 Å². The van der Waals surface area contributed by atoms with Gasteiger partial charge in [0.15, 0.2) is 0 Å². The van der Waals surface area contributed by atoms with Gasteiger partial charge in [-0.2, -0.15) is 0 Å². The van der Waals surface area contributed by atoms with Gasteiger partial charge in [0.1, 0.15) is 11.6 Å². The van der Waals surface area contributed by atoms with E-state index < -0.39 is 0 Å². The van der Waals surface area contributed by atoms with Gasteiger partial charge in [0.2, 0.25) is 0 Å². The zero-order chi connectivity index (χ0) is 6.69. The second kappa shape index (κ2) is 2.35. The molecule has 0 aromatic carbocycles. The molecule has 3 heteroatoms. The first kappa shape index (κ1) is 5.88. The van der Waals surface area contributed by atoms with E-state index in [9.17, 15) is 0 Å². The number of methoxy groups -OCH3 is 1. The molecule has 0 unspecified atom stereocenters. The molecule has 0 aliphatic heterocycles. The molecule has 0 saturated heterocycles. The van der Waals surface area contributed by atoms with Crippen molar-refractivity contribution in [3.05, 3.63) is 18.3 Å². The molecule has 0 atom stereocenters. The van der Waals surface area contributed by atoms with Gasteiger partial charge < -0.3 is 4.74 Å². The van der Waals surface area contributed by atoms with Crippen LogP contribution < -0.4 is 10.5 Å². The van der Waals surface area contributed by atoms with Gasteiger partial charge in [0, 0.05) is 0 Å². The maximum Gasteiger partial charge on any atom is 0.144 e. The zero-order valence-corrected chi connectivity index (χ0v) is 5.09. The summed E-state index contributed by atoms with van der Waals surface area (Å²) in [5.74, 6) is 0.946. The van der Waals surface area contributed by atoms with E-state index in [-0.39, 0.29) is 5.82 Å². The van der Waals surface area contributed by atoms with Gasteiger partial charge in [0.05, 0.1) is 13.3 Å². The Hall–Kier alpha value is -1.25. The molecule has 0 bridgehead atoms. The van der Waals surface area contributed by atoms with Crippen LogP contribution in [0.4, 0.5) is 5.82 Å². The first-order valence-corrected chi connectivity index (χ1v) is 2.54. The number of pyridine rings is 1. The number of nitrogens with one attached hydrogen (secondary N) is 1. The third-order valence-corrected chi connectivity index (χ3v) is 0.972. The van der Waals surface area contributed by atoms with Crippen molar-refractivity contribution < 1.29 is 4.74 Å². The van der Waals surface area contributed by atoms with Crippen LogP contribution in [0.5, 0.6) is 5.75 Å². The SMILES string of the molecule is COc1ccc([NH])nc1. The fourth-order valence-corrected chi connectivity index (χ4v) is 0.501. The number of hydrogen-bond donors (Lipinski definition) is 0. The predicted molar refractivity (Wildman–Crippen MR) is 33.5 cm³/mol. The largest absolute Gasteiger partial charge is 0.495 e. The molecule has 0 fully saturated rings. The summed E-state index contributed by atoms with van der Waals surface area (Å²) in [6, 6.07) is 3.29. The lowest BCUT2D eigenvalue weighted by atomic mass is 10.4. The second-order valence-corrected chi connectivity index (χ2v) is 1.58. The lowest BCUT2D eigenvalue weighted by Crippen LogP contribution is -1.83. The molecule has 47 valence electrons. The second-order valence-electron chi connectivity index (χ2n) is 1.58. The van der Waals surface area contributed by atoms with Crippen molar-refractivity contribution in [2.75, 3.05) is 7.11 Å². The maximum atomic E-state index is 7.00. The molecule has 0 amide bonds. The van der Waals surface area contributed by atoms with E-state index in [0.29, 0.717) is 5.75 Å².